The summed E-state index contributed by atoms with van der Waals surface area (Å²) in [6.45, 7) is 2.06. The Morgan fingerprint density at radius 3 is 2.67 bits per heavy atom. The maximum atomic E-state index is 6.39. The van der Waals surface area contributed by atoms with Crippen LogP contribution in [0.15, 0.2) is 43.0 Å². The van der Waals surface area contributed by atoms with Gasteiger partial charge in [0.05, 0.1) is 10.7 Å². The van der Waals surface area contributed by atoms with Crippen molar-refractivity contribution in [2.75, 3.05) is 0 Å². The van der Waals surface area contributed by atoms with Crippen molar-refractivity contribution in [1.29, 1.82) is 0 Å². The van der Waals surface area contributed by atoms with Crippen molar-refractivity contribution >= 4 is 22.4 Å². The molecular formula is C14H12ClN3. The van der Waals surface area contributed by atoms with Gasteiger partial charge in [-0.15, -0.1) is 0 Å². The van der Waals surface area contributed by atoms with Gasteiger partial charge in [0, 0.05) is 23.2 Å². The largest absolute Gasteiger partial charge is 0.290 e. The number of fused-ring (bicyclic) bond motifs is 1. The lowest BCUT2D eigenvalue weighted by Crippen LogP contribution is -2.00. The van der Waals surface area contributed by atoms with Crippen LogP contribution in [-0.4, -0.2) is 14.5 Å². The molecule has 2 aromatic heterocycles. The van der Waals surface area contributed by atoms with E-state index in [2.05, 4.69) is 16.9 Å². The average molecular weight is 258 g/mol. The number of imidazole rings is 1. The first kappa shape index (κ1) is 11.2. The number of aromatic nitrogens is 3. The van der Waals surface area contributed by atoms with E-state index in [0.717, 1.165) is 33.7 Å². The molecule has 4 heteroatoms. The fourth-order valence-corrected chi connectivity index (χ4v) is 2.42. The molecule has 18 heavy (non-hydrogen) atoms. The molecule has 0 saturated heterocycles. The Morgan fingerprint density at radius 2 is 2.00 bits per heavy atom. The van der Waals surface area contributed by atoms with E-state index >= 15 is 0 Å². The zero-order valence-electron chi connectivity index (χ0n) is 9.97. The molecule has 0 spiro atoms. The van der Waals surface area contributed by atoms with Gasteiger partial charge < -0.3 is 0 Å². The molecule has 3 aromatic rings. The van der Waals surface area contributed by atoms with Crippen LogP contribution in [-0.2, 0) is 6.42 Å². The Hall–Kier alpha value is -1.87. The molecule has 3 rings (SSSR count). The predicted molar refractivity (Wildman–Crippen MR) is 73.3 cm³/mol. The van der Waals surface area contributed by atoms with Gasteiger partial charge in [-0.2, -0.15) is 0 Å². The van der Waals surface area contributed by atoms with Crippen molar-refractivity contribution < 1.29 is 0 Å². The number of hydrogen-bond donors (Lipinski definition) is 0. The van der Waals surface area contributed by atoms with E-state index in [-0.39, 0.29) is 0 Å². The molecule has 0 aliphatic heterocycles. The van der Waals surface area contributed by atoms with E-state index in [4.69, 9.17) is 11.6 Å². The summed E-state index contributed by atoms with van der Waals surface area (Å²) in [6.07, 6.45) is 6.20. The molecule has 0 atom stereocenters. The van der Waals surface area contributed by atoms with E-state index in [1.54, 1.807) is 12.5 Å². The number of benzene rings is 1. The van der Waals surface area contributed by atoms with E-state index in [9.17, 15) is 0 Å². The van der Waals surface area contributed by atoms with Gasteiger partial charge in [0.15, 0.2) is 0 Å². The normalized spacial score (nSPS) is 11.0. The Labute approximate surface area is 110 Å². The summed E-state index contributed by atoms with van der Waals surface area (Å²) in [7, 11) is 0. The van der Waals surface area contributed by atoms with Gasteiger partial charge in [-0.25, -0.2) is 9.97 Å². The lowest BCUT2D eigenvalue weighted by atomic mass is 10.1. The smallest absolute Gasteiger partial charge is 0.146 e. The summed E-state index contributed by atoms with van der Waals surface area (Å²) in [5.74, 6) is 0.879. The van der Waals surface area contributed by atoms with Crippen LogP contribution in [0.3, 0.4) is 0 Å². The van der Waals surface area contributed by atoms with E-state index in [1.807, 2.05) is 35.0 Å². The molecule has 1 aromatic carbocycles. The van der Waals surface area contributed by atoms with Crippen molar-refractivity contribution in [3.05, 3.63) is 53.7 Å². The van der Waals surface area contributed by atoms with Crippen molar-refractivity contribution in [1.82, 2.24) is 14.5 Å². The minimum Gasteiger partial charge on any atom is -0.290 e. The minimum atomic E-state index is 0.747. The number of rotatable bonds is 2. The third kappa shape index (κ3) is 1.68. The number of halogens is 1. The van der Waals surface area contributed by atoms with Crippen molar-refractivity contribution in [2.24, 2.45) is 0 Å². The Morgan fingerprint density at radius 1 is 1.22 bits per heavy atom. The SMILES string of the molecule is CCc1nc(-n2ccnc2)c2ccccc2c1Cl. The number of aryl methyl sites for hydroxylation is 1. The highest BCUT2D eigenvalue weighted by molar-refractivity contribution is 6.36. The van der Waals surface area contributed by atoms with Crippen molar-refractivity contribution in [2.45, 2.75) is 13.3 Å². The van der Waals surface area contributed by atoms with E-state index < -0.39 is 0 Å². The standard InChI is InChI=1S/C14H12ClN3/c1-2-12-13(15)10-5-3-4-6-11(10)14(17-12)18-8-7-16-9-18/h3-9H,2H2,1H3. The van der Waals surface area contributed by atoms with Gasteiger partial charge in [-0.05, 0) is 6.42 Å². The summed E-state index contributed by atoms with van der Waals surface area (Å²) in [5, 5.41) is 2.82. The van der Waals surface area contributed by atoms with Gasteiger partial charge >= 0.3 is 0 Å². The second kappa shape index (κ2) is 4.42. The van der Waals surface area contributed by atoms with Crippen LogP contribution in [0.4, 0.5) is 0 Å². The molecule has 0 aliphatic rings. The Bertz CT molecular complexity index is 690. The monoisotopic (exact) mass is 257 g/mol. The first-order valence-electron chi connectivity index (χ1n) is 5.86. The topological polar surface area (TPSA) is 30.7 Å². The lowest BCUT2D eigenvalue weighted by Gasteiger charge is -2.11. The van der Waals surface area contributed by atoms with Crippen LogP contribution in [0.25, 0.3) is 16.6 Å². The highest BCUT2D eigenvalue weighted by atomic mass is 35.5. The summed E-state index contributed by atoms with van der Waals surface area (Å²) in [4.78, 5) is 8.73. The second-order valence-corrected chi connectivity index (χ2v) is 4.44. The van der Waals surface area contributed by atoms with Crippen LogP contribution in [0.1, 0.15) is 12.6 Å². The first-order chi connectivity index (χ1) is 8.81. The van der Waals surface area contributed by atoms with Crippen LogP contribution in [0.5, 0.6) is 0 Å². The molecular weight excluding hydrogens is 246 g/mol. The van der Waals surface area contributed by atoms with Gasteiger partial charge in [0.25, 0.3) is 0 Å². The van der Waals surface area contributed by atoms with Crippen LogP contribution < -0.4 is 0 Å². The highest BCUT2D eigenvalue weighted by Crippen LogP contribution is 2.30. The summed E-state index contributed by atoms with van der Waals surface area (Å²) in [6, 6.07) is 8.04. The highest BCUT2D eigenvalue weighted by Gasteiger charge is 2.11. The van der Waals surface area contributed by atoms with Crippen molar-refractivity contribution in [3.8, 4) is 5.82 Å². The Balaban J connectivity index is 2.41. The quantitative estimate of drug-likeness (QED) is 0.702. The fraction of sp³-hybridized carbons (Fsp3) is 0.143. The molecule has 3 nitrogen and oxygen atoms in total. The van der Waals surface area contributed by atoms with E-state index in [0.29, 0.717) is 0 Å². The molecule has 90 valence electrons. The molecule has 0 N–H and O–H groups in total. The summed E-state index contributed by atoms with van der Waals surface area (Å²) < 4.78 is 1.91. The molecule has 2 heterocycles. The zero-order chi connectivity index (χ0) is 12.5. The zero-order valence-corrected chi connectivity index (χ0v) is 10.7. The van der Waals surface area contributed by atoms with Crippen LogP contribution in [0.2, 0.25) is 5.02 Å². The number of pyridine rings is 1. The van der Waals surface area contributed by atoms with Crippen LogP contribution >= 0.6 is 11.6 Å². The van der Waals surface area contributed by atoms with E-state index in [1.165, 1.54) is 0 Å². The molecule has 0 aliphatic carbocycles. The molecule has 0 bridgehead atoms. The van der Waals surface area contributed by atoms with Gasteiger partial charge in [0.2, 0.25) is 0 Å². The first-order valence-corrected chi connectivity index (χ1v) is 6.24. The maximum absolute atomic E-state index is 6.39. The van der Waals surface area contributed by atoms with Crippen molar-refractivity contribution in [3.63, 3.8) is 0 Å². The average Bonchev–Trinajstić information content (AvgIpc) is 2.93. The minimum absolute atomic E-state index is 0.747. The summed E-state index contributed by atoms with van der Waals surface area (Å²) >= 11 is 6.39. The molecule has 0 unspecified atom stereocenters. The Kier molecular flexibility index (Phi) is 2.76. The van der Waals surface area contributed by atoms with Crippen LogP contribution in [0, 0.1) is 0 Å². The number of nitrogens with zero attached hydrogens (tertiary/aromatic N) is 3. The van der Waals surface area contributed by atoms with Gasteiger partial charge in [-0.1, -0.05) is 42.8 Å². The summed E-state index contributed by atoms with van der Waals surface area (Å²) in [5.41, 5.74) is 0.916. The molecule has 0 amide bonds. The number of hydrogen-bond acceptors (Lipinski definition) is 2. The predicted octanol–water partition coefficient (Wildman–Crippen LogP) is 3.64. The van der Waals surface area contributed by atoms with Gasteiger partial charge in [-0.3, -0.25) is 4.57 Å². The molecule has 0 radical (unpaired) electrons. The molecule has 0 fully saturated rings. The van der Waals surface area contributed by atoms with Gasteiger partial charge in [0.1, 0.15) is 12.1 Å². The third-order valence-corrected chi connectivity index (χ3v) is 3.40. The maximum Gasteiger partial charge on any atom is 0.146 e. The second-order valence-electron chi connectivity index (χ2n) is 4.07. The fourth-order valence-electron chi connectivity index (χ4n) is 2.08. The third-order valence-electron chi connectivity index (χ3n) is 2.98. The lowest BCUT2D eigenvalue weighted by molar-refractivity contribution is 0.956. The molecule has 0 saturated carbocycles.